The molecule has 2 rings (SSSR count). The van der Waals surface area contributed by atoms with Crippen molar-refractivity contribution in [3.63, 3.8) is 0 Å². The Balaban J connectivity index is 1.99. The summed E-state index contributed by atoms with van der Waals surface area (Å²) in [5, 5.41) is 11.5. The number of nitrogens with zero attached hydrogens (tertiary/aromatic N) is 1. The summed E-state index contributed by atoms with van der Waals surface area (Å²) in [6, 6.07) is 16.2. The molecule has 0 fully saturated rings. The van der Waals surface area contributed by atoms with Gasteiger partial charge in [0.25, 0.3) is 0 Å². The molecule has 0 spiro atoms. The van der Waals surface area contributed by atoms with Crippen LogP contribution in [-0.2, 0) is 11.2 Å². The predicted molar refractivity (Wildman–Crippen MR) is 76.5 cm³/mol. The molecule has 0 radical (unpaired) electrons. The average molecular weight is 266 g/mol. The Morgan fingerprint density at radius 1 is 1.25 bits per heavy atom. The Morgan fingerprint density at radius 2 is 2.00 bits per heavy atom. The van der Waals surface area contributed by atoms with E-state index < -0.39 is 0 Å². The van der Waals surface area contributed by atoms with Gasteiger partial charge in [-0.1, -0.05) is 18.2 Å². The summed E-state index contributed by atoms with van der Waals surface area (Å²) in [6.45, 7) is 0. The van der Waals surface area contributed by atoms with Gasteiger partial charge in [-0.15, -0.1) is 0 Å². The summed E-state index contributed by atoms with van der Waals surface area (Å²) >= 11 is 0. The molecule has 0 aliphatic heterocycles. The third kappa shape index (κ3) is 3.59. The lowest BCUT2D eigenvalue weighted by Crippen LogP contribution is -2.14. The first-order valence-electron chi connectivity index (χ1n) is 6.14. The van der Waals surface area contributed by atoms with Crippen molar-refractivity contribution in [1.82, 2.24) is 0 Å². The van der Waals surface area contributed by atoms with Crippen LogP contribution in [-0.4, -0.2) is 13.0 Å². The normalized spacial score (nSPS) is 9.60. The van der Waals surface area contributed by atoms with Crippen LogP contribution in [0.2, 0.25) is 0 Å². The summed E-state index contributed by atoms with van der Waals surface area (Å²) in [6.07, 6.45) is 0.267. The fourth-order valence-corrected chi connectivity index (χ4v) is 1.79. The summed E-state index contributed by atoms with van der Waals surface area (Å²) < 4.78 is 5.10. The smallest absolute Gasteiger partial charge is 0.228 e. The molecule has 0 saturated carbocycles. The van der Waals surface area contributed by atoms with E-state index in [0.717, 1.165) is 5.56 Å². The fourth-order valence-electron chi connectivity index (χ4n) is 1.79. The van der Waals surface area contributed by atoms with Crippen molar-refractivity contribution in [2.45, 2.75) is 6.42 Å². The minimum absolute atomic E-state index is 0.108. The van der Waals surface area contributed by atoms with Crippen LogP contribution in [0.25, 0.3) is 0 Å². The molecule has 1 amide bonds. The third-order valence-corrected chi connectivity index (χ3v) is 2.80. The zero-order chi connectivity index (χ0) is 14.4. The molecule has 0 aliphatic rings. The largest absolute Gasteiger partial charge is 0.497 e. The molecule has 4 heteroatoms. The number of carbonyl (C=O) groups is 1. The van der Waals surface area contributed by atoms with Gasteiger partial charge in [-0.3, -0.25) is 4.79 Å². The van der Waals surface area contributed by atoms with Crippen LogP contribution in [0.1, 0.15) is 11.1 Å². The van der Waals surface area contributed by atoms with Crippen LogP contribution in [0, 0.1) is 11.3 Å². The molecule has 1 N–H and O–H groups in total. The zero-order valence-corrected chi connectivity index (χ0v) is 11.1. The number of hydrogen-bond donors (Lipinski definition) is 1. The van der Waals surface area contributed by atoms with Crippen molar-refractivity contribution in [2.75, 3.05) is 12.4 Å². The molecule has 0 saturated heterocycles. The molecule has 20 heavy (non-hydrogen) atoms. The summed E-state index contributed by atoms with van der Waals surface area (Å²) in [5.41, 5.74) is 2.15. The van der Waals surface area contributed by atoms with Crippen molar-refractivity contribution in [2.24, 2.45) is 0 Å². The van der Waals surface area contributed by atoms with Gasteiger partial charge in [-0.25, -0.2) is 0 Å². The molecular weight excluding hydrogens is 252 g/mol. The lowest BCUT2D eigenvalue weighted by Gasteiger charge is -2.07. The average Bonchev–Trinajstić information content (AvgIpc) is 2.48. The second kappa shape index (κ2) is 6.39. The van der Waals surface area contributed by atoms with E-state index >= 15 is 0 Å². The van der Waals surface area contributed by atoms with Crippen molar-refractivity contribution in [3.8, 4) is 11.8 Å². The van der Waals surface area contributed by atoms with Crippen LogP contribution in [0.5, 0.6) is 5.75 Å². The Kier molecular flexibility index (Phi) is 4.35. The summed E-state index contributed by atoms with van der Waals surface area (Å²) in [7, 11) is 1.58. The van der Waals surface area contributed by atoms with Gasteiger partial charge in [-0.05, 0) is 29.8 Å². The molecular formula is C16H14N2O2. The Hall–Kier alpha value is -2.80. The number of ether oxygens (including phenoxy) is 1. The Labute approximate surface area is 117 Å². The number of benzene rings is 2. The number of hydrogen-bond acceptors (Lipinski definition) is 3. The Morgan fingerprint density at radius 3 is 2.65 bits per heavy atom. The lowest BCUT2D eigenvalue weighted by molar-refractivity contribution is -0.115. The highest BCUT2D eigenvalue weighted by atomic mass is 16.5. The monoisotopic (exact) mass is 266 g/mol. The lowest BCUT2D eigenvalue weighted by atomic mass is 10.1. The SMILES string of the molecule is COc1cccc(NC(=O)Cc2ccc(C#N)cc2)c1. The number of methoxy groups -OCH3 is 1. The van der Waals surface area contributed by atoms with Crippen LogP contribution in [0.4, 0.5) is 5.69 Å². The minimum atomic E-state index is -0.108. The topological polar surface area (TPSA) is 62.1 Å². The van der Waals surface area contributed by atoms with Gasteiger partial charge in [0.1, 0.15) is 5.75 Å². The first kappa shape index (κ1) is 13.6. The van der Waals surface area contributed by atoms with Crippen molar-refractivity contribution in [3.05, 3.63) is 59.7 Å². The zero-order valence-electron chi connectivity index (χ0n) is 11.1. The maximum absolute atomic E-state index is 11.9. The van der Waals surface area contributed by atoms with Crippen molar-refractivity contribution < 1.29 is 9.53 Å². The standard InChI is InChI=1S/C16H14N2O2/c1-20-15-4-2-3-14(10-15)18-16(19)9-12-5-7-13(11-17)8-6-12/h2-8,10H,9H2,1H3,(H,18,19). The molecule has 100 valence electrons. The van der Waals surface area contributed by atoms with Gasteiger partial charge < -0.3 is 10.1 Å². The molecule has 2 aromatic carbocycles. The van der Waals surface area contributed by atoms with E-state index in [0.29, 0.717) is 17.0 Å². The number of nitriles is 1. The van der Waals surface area contributed by atoms with Crippen molar-refractivity contribution in [1.29, 1.82) is 5.26 Å². The van der Waals surface area contributed by atoms with E-state index in [-0.39, 0.29) is 12.3 Å². The summed E-state index contributed by atoms with van der Waals surface area (Å²) in [4.78, 5) is 11.9. The number of amides is 1. The number of carbonyl (C=O) groups excluding carboxylic acids is 1. The van der Waals surface area contributed by atoms with E-state index in [1.807, 2.05) is 18.2 Å². The van der Waals surface area contributed by atoms with Crippen LogP contribution >= 0.6 is 0 Å². The van der Waals surface area contributed by atoms with Crippen molar-refractivity contribution >= 4 is 11.6 Å². The molecule has 0 aromatic heterocycles. The van der Waals surface area contributed by atoms with Gasteiger partial charge in [0.05, 0.1) is 25.2 Å². The van der Waals surface area contributed by atoms with Gasteiger partial charge in [0.15, 0.2) is 0 Å². The molecule has 0 aliphatic carbocycles. The molecule has 0 bridgehead atoms. The number of rotatable bonds is 4. The highest BCUT2D eigenvalue weighted by Gasteiger charge is 2.05. The van der Waals surface area contributed by atoms with E-state index in [9.17, 15) is 4.79 Å². The van der Waals surface area contributed by atoms with E-state index in [1.54, 1.807) is 43.5 Å². The summed E-state index contributed by atoms with van der Waals surface area (Å²) in [5.74, 6) is 0.587. The van der Waals surface area contributed by atoms with Gasteiger partial charge in [-0.2, -0.15) is 5.26 Å². The van der Waals surface area contributed by atoms with Crippen LogP contribution in [0.3, 0.4) is 0 Å². The molecule has 4 nitrogen and oxygen atoms in total. The maximum atomic E-state index is 11.9. The van der Waals surface area contributed by atoms with E-state index in [1.165, 1.54) is 0 Å². The fraction of sp³-hybridized carbons (Fsp3) is 0.125. The second-order valence-corrected chi connectivity index (χ2v) is 4.27. The number of nitrogens with one attached hydrogen (secondary N) is 1. The third-order valence-electron chi connectivity index (χ3n) is 2.80. The number of anilines is 1. The quantitative estimate of drug-likeness (QED) is 0.925. The van der Waals surface area contributed by atoms with Gasteiger partial charge in [0.2, 0.25) is 5.91 Å². The second-order valence-electron chi connectivity index (χ2n) is 4.27. The predicted octanol–water partition coefficient (Wildman–Crippen LogP) is 2.75. The molecule has 0 unspecified atom stereocenters. The van der Waals surface area contributed by atoms with Gasteiger partial charge in [0, 0.05) is 11.8 Å². The highest BCUT2D eigenvalue weighted by Crippen LogP contribution is 2.17. The van der Waals surface area contributed by atoms with Crippen LogP contribution in [0.15, 0.2) is 48.5 Å². The van der Waals surface area contributed by atoms with Gasteiger partial charge >= 0.3 is 0 Å². The maximum Gasteiger partial charge on any atom is 0.228 e. The molecule has 0 atom stereocenters. The van der Waals surface area contributed by atoms with E-state index in [2.05, 4.69) is 5.32 Å². The van der Waals surface area contributed by atoms with Crippen LogP contribution < -0.4 is 10.1 Å². The Bertz CT molecular complexity index is 642. The first-order valence-corrected chi connectivity index (χ1v) is 6.14. The minimum Gasteiger partial charge on any atom is -0.497 e. The first-order chi connectivity index (χ1) is 9.71. The molecule has 0 heterocycles. The highest BCUT2D eigenvalue weighted by molar-refractivity contribution is 5.92. The van der Waals surface area contributed by atoms with E-state index in [4.69, 9.17) is 10.00 Å². The molecule has 2 aromatic rings.